The van der Waals surface area contributed by atoms with Crippen LogP contribution in [0.5, 0.6) is 0 Å². The van der Waals surface area contributed by atoms with Crippen LogP contribution in [0.25, 0.3) is 11.1 Å². The number of benzene rings is 3. The third-order valence-electron chi connectivity index (χ3n) is 5.53. The molecule has 0 aromatic heterocycles. The van der Waals surface area contributed by atoms with Gasteiger partial charge in [0.2, 0.25) is 0 Å². The number of nitrogen functional groups attached to an aromatic ring is 1. The highest BCUT2D eigenvalue weighted by Gasteiger charge is 2.29. The Labute approximate surface area is 188 Å². The molecule has 0 bridgehead atoms. The number of carbonyl (C=O) groups is 1. The quantitative estimate of drug-likeness (QED) is 0.398. The first-order chi connectivity index (χ1) is 15.0. The van der Waals surface area contributed by atoms with Crippen molar-refractivity contribution in [3.63, 3.8) is 0 Å². The minimum atomic E-state index is -1.20. The van der Waals surface area contributed by atoms with Gasteiger partial charge in [-0.15, -0.1) is 0 Å². The van der Waals surface area contributed by atoms with E-state index >= 15 is 0 Å². The number of anilines is 1. The predicted octanol–water partition coefficient (Wildman–Crippen LogP) is 3.96. The Morgan fingerprint density at radius 2 is 1.65 bits per heavy atom. The van der Waals surface area contributed by atoms with E-state index in [-0.39, 0.29) is 19.1 Å². The number of fused-ring (bicyclic) bond motifs is 3. The Kier molecular flexibility index (Phi) is 6.27. The summed E-state index contributed by atoms with van der Waals surface area (Å²) in [6, 6.07) is 21.1. The molecule has 160 valence electrons. The van der Waals surface area contributed by atoms with Crippen LogP contribution in [0.1, 0.15) is 28.7 Å². The van der Waals surface area contributed by atoms with Crippen LogP contribution in [-0.4, -0.2) is 35.6 Å². The minimum Gasteiger partial charge on any atom is -0.449 e. The molecule has 31 heavy (non-hydrogen) atoms. The Balaban J connectivity index is 1.34. The number of nitrogens with two attached hydrogens (primary N) is 1. The molecular weight excluding hydrogens is 460 g/mol. The van der Waals surface area contributed by atoms with Crippen LogP contribution in [0, 0.1) is 0 Å². The fourth-order valence-electron chi connectivity index (χ4n) is 3.90. The zero-order valence-corrected chi connectivity index (χ0v) is 18.2. The molecule has 1 aliphatic carbocycles. The lowest BCUT2D eigenvalue weighted by Crippen LogP contribution is -2.36. The predicted molar refractivity (Wildman–Crippen MR) is 123 cm³/mol. The van der Waals surface area contributed by atoms with E-state index in [9.17, 15) is 15.0 Å². The molecule has 4 rings (SSSR count). The van der Waals surface area contributed by atoms with Crippen molar-refractivity contribution < 1.29 is 19.7 Å². The third kappa shape index (κ3) is 4.44. The largest absolute Gasteiger partial charge is 0.449 e. The number of aliphatic hydroxyl groups excluding tert-OH is 2. The number of alkyl carbamates (subject to hydrolysis) is 1. The monoisotopic (exact) mass is 482 g/mol. The molecule has 0 aliphatic heterocycles. The molecule has 2 unspecified atom stereocenters. The maximum absolute atomic E-state index is 12.2. The van der Waals surface area contributed by atoms with Gasteiger partial charge in [-0.25, -0.2) is 4.79 Å². The molecule has 0 fully saturated rings. The van der Waals surface area contributed by atoms with E-state index in [2.05, 4.69) is 33.4 Å². The summed E-state index contributed by atoms with van der Waals surface area (Å²) in [6.07, 6.45) is -3.02. The summed E-state index contributed by atoms with van der Waals surface area (Å²) < 4.78 is 6.07. The van der Waals surface area contributed by atoms with Gasteiger partial charge >= 0.3 is 6.09 Å². The van der Waals surface area contributed by atoms with Gasteiger partial charge in [-0.1, -0.05) is 54.6 Å². The average Bonchev–Trinajstić information content (AvgIpc) is 3.11. The second-order valence-electron chi connectivity index (χ2n) is 7.50. The number of hydrogen-bond donors (Lipinski definition) is 4. The van der Waals surface area contributed by atoms with Gasteiger partial charge in [-0.2, -0.15) is 0 Å². The van der Waals surface area contributed by atoms with Crippen molar-refractivity contribution in [1.82, 2.24) is 5.32 Å². The lowest BCUT2D eigenvalue weighted by Gasteiger charge is -2.20. The standard InChI is InChI=1S/C24H23BrN2O4/c25-20-11-14(9-10-21(20)26)23(29)22(28)12-27-24(30)31-13-19-17-7-3-1-5-15(17)16-6-2-4-8-18(16)19/h1-11,19,22-23,28-29H,12-13,26H2,(H,27,30). The summed E-state index contributed by atoms with van der Waals surface area (Å²) in [6.45, 7) is 0.0310. The first kappa shape index (κ1) is 21.4. The molecule has 2 atom stereocenters. The first-order valence-corrected chi connectivity index (χ1v) is 10.7. The number of hydrogen-bond acceptors (Lipinski definition) is 5. The summed E-state index contributed by atoms with van der Waals surface area (Å²) in [7, 11) is 0. The Hall–Kier alpha value is -2.87. The van der Waals surface area contributed by atoms with E-state index in [1.165, 1.54) is 0 Å². The van der Waals surface area contributed by atoms with Crippen molar-refractivity contribution >= 4 is 27.7 Å². The number of ether oxygens (including phenoxy) is 1. The molecule has 3 aromatic carbocycles. The zero-order chi connectivity index (χ0) is 22.0. The molecule has 0 spiro atoms. The Bertz CT molecular complexity index is 1060. The van der Waals surface area contributed by atoms with Crippen molar-refractivity contribution in [2.24, 2.45) is 0 Å². The molecule has 7 heteroatoms. The van der Waals surface area contributed by atoms with Crippen molar-refractivity contribution in [3.8, 4) is 11.1 Å². The summed E-state index contributed by atoms with van der Waals surface area (Å²) in [5.41, 5.74) is 11.3. The molecule has 0 heterocycles. The van der Waals surface area contributed by atoms with Gasteiger partial charge in [0.1, 0.15) is 18.8 Å². The molecular formula is C24H23BrN2O4. The number of halogens is 1. The summed E-state index contributed by atoms with van der Waals surface area (Å²) >= 11 is 3.29. The SMILES string of the molecule is Nc1ccc(C(O)C(O)CNC(=O)OCC2c3ccccc3-c3ccccc32)cc1Br. The van der Waals surface area contributed by atoms with Crippen molar-refractivity contribution in [2.75, 3.05) is 18.9 Å². The van der Waals surface area contributed by atoms with E-state index in [1.807, 2.05) is 36.4 Å². The number of carbonyl (C=O) groups excluding carboxylic acids is 1. The Morgan fingerprint density at radius 3 is 2.26 bits per heavy atom. The number of rotatable bonds is 6. The van der Waals surface area contributed by atoms with Gasteiger partial charge < -0.3 is 26.0 Å². The topological polar surface area (TPSA) is 105 Å². The summed E-state index contributed by atoms with van der Waals surface area (Å²) in [5, 5.41) is 23.1. The fourth-order valence-corrected chi connectivity index (χ4v) is 4.29. The zero-order valence-electron chi connectivity index (χ0n) is 16.7. The molecule has 5 N–H and O–H groups in total. The molecule has 0 saturated carbocycles. The fraction of sp³-hybridized carbons (Fsp3) is 0.208. The molecule has 0 saturated heterocycles. The molecule has 3 aromatic rings. The van der Waals surface area contributed by atoms with E-state index in [1.54, 1.807) is 18.2 Å². The van der Waals surface area contributed by atoms with E-state index in [4.69, 9.17) is 10.5 Å². The van der Waals surface area contributed by atoms with Crippen LogP contribution in [-0.2, 0) is 4.74 Å². The van der Waals surface area contributed by atoms with Gasteiger partial charge in [0.25, 0.3) is 0 Å². The lowest BCUT2D eigenvalue weighted by atomic mass is 9.98. The van der Waals surface area contributed by atoms with Crippen LogP contribution in [0.4, 0.5) is 10.5 Å². The van der Waals surface area contributed by atoms with E-state index in [0.29, 0.717) is 15.7 Å². The van der Waals surface area contributed by atoms with Crippen LogP contribution in [0.15, 0.2) is 71.2 Å². The van der Waals surface area contributed by atoms with Gasteiger partial charge in [-0.3, -0.25) is 0 Å². The van der Waals surface area contributed by atoms with Gasteiger partial charge in [0.15, 0.2) is 0 Å². The van der Waals surface area contributed by atoms with Crippen molar-refractivity contribution in [3.05, 3.63) is 87.9 Å². The van der Waals surface area contributed by atoms with E-state index < -0.39 is 18.3 Å². The number of amides is 1. The van der Waals surface area contributed by atoms with E-state index in [0.717, 1.165) is 22.3 Å². The van der Waals surface area contributed by atoms with Crippen LogP contribution < -0.4 is 11.1 Å². The van der Waals surface area contributed by atoms with Crippen LogP contribution >= 0.6 is 15.9 Å². The number of aliphatic hydroxyl groups is 2. The normalized spacial score (nSPS) is 14.4. The highest BCUT2D eigenvalue weighted by molar-refractivity contribution is 9.10. The molecule has 1 amide bonds. The van der Waals surface area contributed by atoms with Gasteiger partial charge in [-0.05, 0) is 55.9 Å². The second-order valence-corrected chi connectivity index (χ2v) is 8.35. The Morgan fingerprint density at radius 1 is 1.03 bits per heavy atom. The first-order valence-electron chi connectivity index (χ1n) is 9.95. The summed E-state index contributed by atoms with van der Waals surface area (Å²) in [5.74, 6) is -0.0409. The molecule has 1 aliphatic rings. The third-order valence-corrected chi connectivity index (χ3v) is 6.22. The molecule has 6 nitrogen and oxygen atoms in total. The average molecular weight is 483 g/mol. The highest BCUT2D eigenvalue weighted by atomic mass is 79.9. The maximum Gasteiger partial charge on any atom is 0.407 e. The van der Waals surface area contributed by atoms with Gasteiger partial charge in [0.05, 0.1) is 0 Å². The van der Waals surface area contributed by atoms with Crippen molar-refractivity contribution in [2.45, 2.75) is 18.1 Å². The lowest BCUT2D eigenvalue weighted by molar-refractivity contribution is 0.0185. The van der Waals surface area contributed by atoms with Crippen LogP contribution in [0.2, 0.25) is 0 Å². The number of nitrogens with one attached hydrogen (secondary N) is 1. The second kappa shape index (κ2) is 9.09. The van der Waals surface area contributed by atoms with Crippen LogP contribution in [0.3, 0.4) is 0 Å². The molecule has 0 radical (unpaired) electrons. The minimum absolute atomic E-state index is 0.0409. The van der Waals surface area contributed by atoms with Crippen molar-refractivity contribution in [1.29, 1.82) is 0 Å². The smallest absolute Gasteiger partial charge is 0.407 e. The summed E-state index contributed by atoms with van der Waals surface area (Å²) in [4.78, 5) is 12.2. The van der Waals surface area contributed by atoms with Gasteiger partial charge in [0, 0.05) is 22.6 Å². The maximum atomic E-state index is 12.2. The highest BCUT2D eigenvalue weighted by Crippen LogP contribution is 2.44.